The molecule has 3 rings (SSSR count). The standard InChI is InChI=1S/C19H23F3N8O7S/c20-19(21,22)11-6-5-10(13(14(11)38(23,36)37)15-27-29-30-28-15)8-1-3-9(4-2-8)25-16(31)12(26-18(34)35)7-24-17(32)33/h5-6,8-9,12,24,26H,1-4,7H2,(H,25,31)(H,32,33)(H,34,35)(H2,23,36,37)(H,27,28,29,30)/t8-,9-,12-/m0/s1. The normalized spacial score (nSPS) is 18.8. The van der Waals surface area contributed by atoms with Gasteiger partial charge in [0.15, 0.2) is 5.82 Å². The zero-order chi connectivity index (χ0) is 28.3. The zero-order valence-electron chi connectivity index (χ0n) is 19.3. The van der Waals surface area contributed by atoms with Gasteiger partial charge in [0.1, 0.15) is 10.9 Å². The second-order valence-corrected chi connectivity index (χ2v) is 9.94. The van der Waals surface area contributed by atoms with Crippen LogP contribution in [0.25, 0.3) is 11.4 Å². The number of primary sulfonamides is 1. The number of tetrazole rings is 1. The number of rotatable bonds is 8. The number of carboxylic acid groups (broad SMARTS) is 2. The number of sulfonamides is 1. The molecule has 208 valence electrons. The van der Waals surface area contributed by atoms with Gasteiger partial charge in [-0.1, -0.05) is 6.07 Å². The van der Waals surface area contributed by atoms with Crippen LogP contribution >= 0.6 is 0 Å². The van der Waals surface area contributed by atoms with Gasteiger partial charge >= 0.3 is 18.4 Å². The molecule has 1 heterocycles. The summed E-state index contributed by atoms with van der Waals surface area (Å²) in [7, 11) is -4.89. The Morgan fingerprint density at radius 1 is 1.13 bits per heavy atom. The lowest BCUT2D eigenvalue weighted by Gasteiger charge is -2.32. The molecule has 0 radical (unpaired) electrons. The SMILES string of the molecule is NS(=O)(=O)c1c(C(F)(F)F)ccc([C@H]2CC[C@H](NC(=O)[C@H](CNC(=O)O)NC(=O)O)CC2)c1-c1nnn[nH]1. The molecule has 0 spiro atoms. The number of hydrogen-bond acceptors (Lipinski definition) is 8. The highest BCUT2D eigenvalue weighted by molar-refractivity contribution is 7.89. The average molecular weight is 565 g/mol. The van der Waals surface area contributed by atoms with Gasteiger partial charge in [-0.2, -0.15) is 13.2 Å². The molecule has 0 aliphatic heterocycles. The van der Waals surface area contributed by atoms with Crippen LogP contribution in [0, 0.1) is 0 Å². The lowest BCUT2D eigenvalue weighted by molar-refractivity contribution is -0.139. The first kappa shape index (κ1) is 28.6. The van der Waals surface area contributed by atoms with Crippen LogP contribution in [0.3, 0.4) is 0 Å². The maximum atomic E-state index is 13.7. The minimum Gasteiger partial charge on any atom is -0.465 e. The molecule has 15 nitrogen and oxygen atoms in total. The monoisotopic (exact) mass is 564 g/mol. The summed E-state index contributed by atoms with van der Waals surface area (Å²) in [6.45, 7) is -0.515. The highest BCUT2D eigenvalue weighted by Crippen LogP contribution is 2.44. The van der Waals surface area contributed by atoms with Crippen LogP contribution in [-0.4, -0.2) is 76.0 Å². The van der Waals surface area contributed by atoms with Crippen LogP contribution in [-0.2, 0) is 21.0 Å². The molecular formula is C19H23F3N8O7S. The van der Waals surface area contributed by atoms with E-state index in [2.05, 4.69) is 25.9 Å². The maximum Gasteiger partial charge on any atom is 0.417 e. The van der Waals surface area contributed by atoms with E-state index >= 15 is 0 Å². The molecule has 1 aromatic heterocycles. The number of aromatic nitrogens is 4. The van der Waals surface area contributed by atoms with Crippen LogP contribution in [0.15, 0.2) is 17.0 Å². The van der Waals surface area contributed by atoms with Gasteiger partial charge in [0, 0.05) is 11.6 Å². The first-order chi connectivity index (χ1) is 17.7. The molecule has 1 saturated carbocycles. The van der Waals surface area contributed by atoms with E-state index in [1.165, 1.54) is 0 Å². The first-order valence-electron chi connectivity index (χ1n) is 11.0. The number of carbonyl (C=O) groups excluding carboxylic acids is 1. The number of carbonyl (C=O) groups is 3. The number of aromatic amines is 1. The Labute approximate surface area is 212 Å². The Morgan fingerprint density at radius 2 is 1.79 bits per heavy atom. The average Bonchev–Trinajstić information content (AvgIpc) is 3.34. The zero-order valence-corrected chi connectivity index (χ0v) is 20.1. The summed E-state index contributed by atoms with van der Waals surface area (Å²) in [5.74, 6) is -1.56. The maximum absolute atomic E-state index is 13.7. The number of amides is 3. The van der Waals surface area contributed by atoms with Crippen molar-refractivity contribution < 1.29 is 46.2 Å². The molecule has 3 amide bonds. The van der Waals surface area contributed by atoms with Gasteiger partial charge in [0.25, 0.3) is 0 Å². The smallest absolute Gasteiger partial charge is 0.417 e. The molecule has 0 unspecified atom stereocenters. The summed E-state index contributed by atoms with van der Waals surface area (Å²) in [6, 6.07) is -0.0969. The molecule has 38 heavy (non-hydrogen) atoms. The Bertz CT molecular complexity index is 1300. The predicted molar refractivity (Wildman–Crippen MR) is 120 cm³/mol. The Hall–Kier alpha value is -4.00. The summed E-state index contributed by atoms with van der Waals surface area (Å²) < 4.78 is 65.7. The van der Waals surface area contributed by atoms with Crippen molar-refractivity contribution >= 4 is 28.1 Å². The number of benzene rings is 1. The van der Waals surface area contributed by atoms with Crippen molar-refractivity contribution in [3.05, 3.63) is 23.3 Å². The largest absolute Gasteiger partial charge is 0.465 e. The van der Waals surface area contributed by atoms with Gasteiger partial charge in [-0.15, -0.1) is 5.10 Å². The summed E-state index contributed by atoms with van der Waals surface area (Å²) in [6.07, 6.45) is -6.86. The number of hydrogen-bond donors (Lipinski definition) is 7. The van der Waals surface area contributed by atoms with Crippen molar-refractivity contribution in [2.75, 3.05) is 6.54 Å². The minimum absolute atomic E-state index is 0.210. The molecule has 1 atom stereocenters. The number of halogens is 3. The van der Waals surface area contributed by atoms with Crippen molar-refractivity contribution in [1.82, 2.24) is 36.6 Å². The fourth-order valence-corrected chi connectivity index (χ4v) is 5.35. The molecule has 1 aliphatic carbocycles. The number of alkyl halides is 3. The van der Waals surface area contributed by atoms with E-state index in [1.807, 2.05) is 10.6 Å². The molecule has 1 fully saturated rings. The molecule has 0 bridgehead atoms. The van der Waals surface area contributed by atoms with E-state index in [0.29, 0.717) is 31.7 Å². The van der Waals surface area contributed by atoms with Gasteiger partial charge in [0.2, 0.25) is 15.9 Å². The fourth-order valence-electron chi connectivity index (χ4n) is 4.36. The summed E-state index contributed by atoms with van der Waals surface area (Å²) in [5.41, 5.74) is -1.66. The first-order valence-corrected chi connectivity index (χ1v) is 12.5. The highest BCUT2D eigenvalue weighted by atomic mass is 32.2. The highest BCUT2D eigenvalue weighted by Gasteiger charge is 2.40. The molecule has 1 aliphatic rings. The lowest BCUT2D eigenvalue weighted by Crippen LogP contribution is -2.54. The van der Waals surface area contributed by atoms with Crippen molar-refractivity contribution in [1.29, 1.82) is 0 Å². The van der Waals surface area contributed by atoms with Crippen molar-refractivity contribution in [2.45, 2.75) is 54.8 Å². The van der Waals surface area contributed by atoms with Gasteiger partial charge in [-0.25, -0.2) is 28.2 Å². The minimum atomic E-state index is -5.04. The van der Waals surface area contributed by atoms with E-state index < -0.39 is 74.9 Å². The third kappa shape index (κ3) is 6.85. The topological polar surface area (TPSA) is 242 Å². The summed E-state index contributed by atoms with van der Waals surface area (Å²) in [5, 5.41) is 41.8. The van der Waals surface area contributed by atoms with E-state index in [4.69, 9.17) is 15.4 Å². The predicted octanol–water partition coefficient (Wildman–Crippen LogP) is 0.579. The van der Waals surface area contributed by atoms with Gasteiger partial charge < -0.3 is 26.2 Å². The van der Waals surface area contributed by atoms with E-state index in [9.17, 15) is 36.0 Å². The molecule has 8 N–H and O–H groups in total. The van der Waals surface area contributed by atoms with Gasteiger partial charge in [0.05, 0.1) is 12.1 Å². The summed E-state index contributed by atoms with van der Waals surface area (Å²) in [4.78, 5) is 33.0. The molecule has 2 aromatic rings. The van der Waals surface area contributed by atoms with Crippen LogP contribution in [0.2, 0.25) is 0 Å². The summed E-state index contributed by atoms with van der Waals surface area (Å²) >= 11 is 0. The number of nitrogens with one attached hydrogen (secondary N) is 4. The number of nitrogens with two attached hydrogens (primary N) is 1. The van der Waals surface area contributed by atoms with Gasteiger partial charge in [-0.05, 0) is 53.7 Å². The fraction of sp³-hybridized carbons (Fsp3) is 0.474. The third-order valence-corrected chi connectivity index (χ3v) is 6.94. The van der Waals surface area contributed by atoms with Crippen molar-refractivity contribution in [2.24, 2.45) is 5.14 Å². The second-order valence-electron chi connectivity index (χ2n) is 8.44. The Balaban J connectivity index is 1.85. The van der Waals surface area contributed by atoms with Crippen LogP contribution < -0.4 is 21.1 Å². The molecule has 19 heteroatoms. The molecular weight excluding hydrogens is 541 g/mol. The number of H-pyrrole nitrogens is 1. The third-order valence-electron chi connectivity index (χ3n) is 5.95. The molecule has 1 aromatic carbocycles. The van der Waals surface area contributed by atoms with Crippen LogP contribution in [0.1, 0.15) is 42.7 Å². The Morgan fingerprint density at radius 3 is 2.29 bits per heavy atom. The quantitative estimate of drug-likeness (QED) is 0.235. The lowest BCUT2D eigenvalue weighted by atomic mass is 9.79. The molecule has 0 saturated heterocycles. The van der Waals surface area contributed by atoms with E-state index in [-0.39, 0.29) is 11.4 Å². The van der Waals surface area contributed by atoms with Crippen LogP contribution in [0.5, 0.6) is 0 Å². The van der Waals surface area contributed by atoms with E-state index in [0.717, 1.165) is 6.07 Å². The van der Waals surface area contributed by atoms with E-state index in [1.54, 1.807) is 0 Å². The Kier molecular flexibility index (Phi) is 8.40. The van der Waals surface area contributed by atoms with Crippen molar-refractivity contribution in [3.8, 4) is 11.4 Å². The van der Waals surface area contributed by atoms with Gasteiger partial charge in [-0.3, -0.25) is 4.79 Å². The number of nitrogens with zero attached hydrogens (tertiary/aromatic N) is 3. The van der Waals surface area contributed by atoms with Crippen molar-refractivity contribution in [3.63, 3.8) is 0 Å². The van der Waals surface area contributed by atoms with Crippen LogP contribution in [0.4, 0.5) is 22.8 Å². The second kappa shape index (κ2) is 11.2.